The number of anilines is 1. The number of rotatable bonds is 3. The predicted octanol–water partition coefficient (Wildman–Crippen LogP) is 2.09. The molecule has 5 rings (SSSR count). The summed E-state index contributed by atoms with van der Waals surface area (Å²) in [5, 5.41) is 21.4. The largest absolute Gasteiger partial charge is 0.361 e. The van der Waals surface area contributed by atoms with Gasteiger partial charge in [0.25, 0.3) is 5.91 Å². The monoisotopic (exact) mass is 390 g/mol. The van der Waals surface area contributed by atoms with Gasteiger partial charge in [-0.2, -0.15) is 9.61 Å². The van der Waals surface area contributed by atoms with Crippen molar-refractivity contribution in [3.05, 3.63) is 47.9 Å². The molecule has 1 fully saturated rings. The molecule has 1 N–H and O–H groups in total. The van der Waals surface area contributed by atoms with Crippen LogP contribution in [0.15, 0.2) is 36.4 Å². The molecule has 148 valence electrons. The van der Waals surface area contributed by atoms with Gasteiger partial charge in [0, 0.05) is 38.5 Å². The molecule has 0 spiro atoms. The van der Waals surface area contributed by atoms with E-state index in [2.05, 4.69) is 25.5 Å². The van der Waals surface area contributed by atoms with Crippen LogP contribution < -0.4 is 4.90 Å². The highest BCUT2D eigenvalue weighted by Gasteiger charge is 2.29. The van der Waals surface area contributed by atoms with E-state index in [1.165, 1.54) is 0 Å². The van der Waals surface area contributed by atoms with Gasteiger partial charge >= 0.3 is 0 Å². The van der Waals surface area contributed by atoms with Crippen LogP contribution in [-0.2, 0) is 0 Å². The SMILES string of the molecule is CN(C)c1ccc2nnc(C3CCN(C(=O)c4n[nH]c5ccccc45)CC3)n2n1. The maximum absolute atomic E-state index is 13.0. The Kier molecular flexibility index (Phi) is 4.15. The molecule has 1 aromatic carbocycles. The van der Waals surface area contributed by atoms with Gasteiger partial charge in [-0.3, -0.25) is 9.89 Å². The molecular formula is C20H22N8O. The van der Waals surface area contributed by atoms with Crippen LogP contribution in [0.5, 0.6) is 0 Å². The average Bonchev–Trinajstić information content (AvgIpc) is 3.37. The summed E-state index contributed by atoms with van der Waals surface area (Å²) >= 11 is 0. The fourth-order valence-corrected chi connectivity index (χ4v) is 3.91. The van der Waals surface area contributed by atoms with Gasteiger partial charge in [-0.1, -0.05) is 18.2 Å². The number of aromatic amines is 1. The van der Waals surface area contributed by atoms with Crippen LogP contribution in [0.1, 0.15) is 35.1 Å². The molecule has 0 aliphatic carbocycles. The van der Waals surface area contributed by atoms with Crippen LogP contribution in [0.2, 0.25) is 0 Å². The van der Waals surface area contributed by atoms with Gasteiger partial charge in [-0.05, 0) is 31.0 Å². The smallest absolute Gasteiger partial charge is 0.274 e. The first-order valence-electron chi connectivity index (χ1n) is 9.74. The zero-order chi connectivity index (χ0) is 20.0. The number of piperidine rings is 1. The average molecular weight is 390 g/mol. The number of aromatic nitrogens is 6. The second-order valence-electron chi connectivity index (χ2n) is 7.60. The molecule has 9 heteroatoms. The number of nitrogens with one attached hydrogen (secondary N) is 1. The van der Waals surface area contributed by atoms with E-state index in [0.29, 0.717) is 18.8 Å². The standard InChI is InChI=1S/C20H22N8O/c1-26(2)17-8-7-16-22-24-19(28(16)25-17)13-9-11-27(12-10-13)20(29)18-14-5-3-4-6-15(14)21-23-18/h3-8,13H,9-12H2,1-2H3,(H,21,23). The van der Waals surface area contributed by atoms with E-state index in [-0.39, 0.29) is 11.8 Å². The Morgan fingerprint density at radius 2 is 1.90 bits per heavy atom. The van der Waals surface area contributed by atoms with E-state index in [0.717, 1.165) is 41.0 Å². The molecular weight excluding hydrogens is 368 g/mol. The van der Waals surface area contributed by atoms with Crippen molar-refractivity contribution in [2.24, 2.45) is 0 Å². The molecule has 9 nitrogen and oxygen atoms in total. The Morgan fingerprint density at radius 1 is 1.10 bits per heavy atom. The van der Waals surface area contributed by atoms with Crippen LogP contribution in [-0.4, -0.2) is 68.0 Å². The van der Waals surface area contributed by atoms with Crippen molar-refractivity contribution < 1.29 is 4.79 Å². The lowest BCUT2D eigenvalue weighted by atomic mass is 9.96. The minimum atomic E-state index is -0.0278. The molecule has 0 saturated carbocycles. The minimum absolute atomic E-state index is 0.0278. The normalized spacial score (nSPS) is 15.3. The summed E-state index contributed by atoms with van der Waals surface area (Å²) < 4.78 is 1.83. The van der Waals surface area contributed by atoms with E-state index < -0.39 is 0 Å². The molecule has 0 radical (unpaired) electrons. The minimum Gasteiger partial charge on any atom is -0.361 e. The number of hydrogen-bond acceptors (Lipinski definition) is 6. The lowest BCUT2D eigenvalue weighted by molar-refractivity contribution is 0.0706. The number of hydrogen-bond donors (Lipinski definition) is 1. The van der Waals surface area contributed by atoms with Crippen molar-refractivity contribution >= 4 is 28.3 Å². The number of fused-ring (bicyclic) bond motifs is 2. The molecule has 0 unspecified atom stereocenters. The van der Waals surface area contributed by atoms with Crippen LogP contribution in [0.25, 0.3) is 16.6 Å². The lowest BCUT2D eigenvalue weighted by Crippen LogP contribution is -2.38. The molecule has 1 amide bonds. The van der Waals surface area contributed by atoms with Crippen LogP contribution >= 0.6 is 0 Å². The number of H-pyrrole nitrogens is 1. The Bertz CT molecular complexity index is 1190. The topological polar surface area (TPSA) is 95.3 Å². The van der Waals surface area contributed by atoms with Crippen LogP contribution in [0.3, 0.4) is 0 Å². The van der Waals surface area contributed by atoms with Crippen molar-refractivity contribution in [2.75, 3.05) is 32.1 Å². The number of para-hydroxylation sites is 1. The number of amides is 1. The van der Waals surface area contributed by atoms with E-state index in [4.69, 9.17) is 0 Å². The number of likely N-dealkylation sites (tertiary alicyclic amines) is 1. The van der Waals surface area contributed by atoms with Gasteiger partial charge in [-0.25, -0.2) is 0 Å². The highest BCUT2D eigenvalue weighted by atomic mass is 16.2. The third-order valence-corrected chi connectivity index (χ3v) is 5.55. The molecule has 1 aliphatic rings. The molecule has 0 atom stereocenters. The lowest BCUT2D eigenvalue weighted by Gasteiger charge is -2.30. The zero-order valence-corrected chi connectivity index (χ0v) is 16.4. The number of carbonyl (C=O) groups excluding carboxylic acids is 1. The zero-order valence-electron chi connectivity index (χ0n) is 16.4. The first kappa shape index (κ1) is 17.6. The van der Waals surface area contributed by atoms with Crippen molar-refractivity contribution in [2.45, 2.75) is 18.8 Å². The Labute approximate surface area is 167 Å². The summed E-state index contributed by atoms with van der Waals surface area (Å²) in [5.74, 6) is 1.91. The Hall–Kier alpha value is -3.49. The molecule has 1 saturated heterocycles. The summed E-state index contributed by atoms with van der Waals surface area (Å²) in [7, 11) is 3.92. The van der Waals surface area contributed by atoms with Gasteiger partial charge < -0.3 is 9.80 Å². The number of nitrogens with zero attached hydrogens (tertiary/aromatic N) is 7. The van der Waals surface area contributed by atoms with Crippen molar-refractivity contribution in [3.63, 3.8) is 0 Å². The summed E-state index contributed by atoms with van der Waals surface area (Å²) in [6.45, 7) is 1.32. The molecule has 3 aromatic heterocycles. The maximum atomic E-state index is 13.0. The van der Waals surface area contributed by atoms with Crippen molar-refractivity contribution in [1.82, 2.24) is 34.9 Å². The molecule has 4 aromatic rings. The number of benzene rings is 1. The van der Waals surface area contributed by atoms with Gasteiger partial charge in [0.15, 0.2) is 17.2 Å². The fraction of sp³-hybridized carbons (Fsp3) is 0.350. The van der Waals surface area contributed by atoms with E-state index >= 15 is 0 Å². The van der Waals surface area contributed by atoms with Gasteiger partial charge in [0.05, 0.1) is 5.52 Å². The van der Waals surface area contributed by atoms with Gasteiger partial charge in [0.2, 0.25) is 0 Å². The first-order chi connectivity index (χ1) is 14.1. The molecule has 0 bridgehead atoms. The van der Waals surface area contributed by atoms with Crippen LogP contribution in [0.4, 0.5) is 5.82 Å². The van der Waals surface area contributed by atoms with Gasteiger partial charge in [0.1, 0.15) is 5.82 Å². The summed E-state index contributed by atoms with van der Waals surface area (Å²) in [4.78, 5) is 16.8. The summed E-state index contributed by atoms with van der Waals surface area (Å²) in [6, 6.07) is 11.6. The third kappa shape index (κ3) is 2.98. The Balaban J connectivity index is 1.35. The molecule has 1 aliphatic heterocycles. The number of carbonyl (C=O) groups is 1. The van der Waals surface area contributed by atoms with Crippen molar-refractivity contribution in [3.8, 4) is 0 Å². The quantitative estimate of drug-likeness (QED) is 0.576. The predicted molar refractivity (Wildman–Crippen MR) is 109 cm³/mol. The maximum Gasteiger partial charge on any atom is 0.274 e. The summed E-state index contributed by atoms with van der Waals surface area (Å²) in [5.41, 5.74) is 2.11. The van der Waals surface area contributed by atoms with Gasteiger partial charge in [-0.15, -0.1) is 15.3 Å². The highest BCUT2D eigenvalue weighted by Crippen LogP contribution is 2.28. The van der Waals surface area contributed by atoms with Crippen molar-refractivity contribution in [1.29, 1.82) is 0 Å². The molecule has 4 heterocycles. The Morgan fingerprint density at radius 3 is 2.69 bits per heavy atom. The summed E-state index contributed by atoms with van der Waals surface area (Å²) in [6.07, 6.45) is 1.64. The van der Waals surface area contributed by atoms with Crippen LogP contribution in [0, 0.1) is 0 Å². The highest BCUT2D eigenvalue weighted by molar-refractivity contribution is 6.04. The first-order valence-corrected chi connectivity index (χ1v) is 9.74. The van der Waals surface area contributed by atoms with E-state index in [9.17, 15) is 4.79 Å². The molecule has 29 heavy (non-hydrogen) atoms. The fourth-order valence-electron chi connectivity index (χ4n) is 3.91. The second-order valence-corrected chi connectivity index (χ2v) is 7.60. The van der Waals surface area contributed by atoms with E-state index in [1.807, 2.05) is 64.8 Å². The van der Waals surface area contributed by atoms with E-state index in [1.54, 1.807) is 0 Å². The third-order valence-electron chi connectivity index (χ3n) is 5.55. The second kappa shape index (κ2) is 6.84.